The summed E-state index contributed by atoms with van der Waals surface area (Å²) in [6.07, 6.45) is -0.916. The van der Waals surface area contributed by atoms with E-state index in [-0.39, 0.29) is 16.9 Å². The van der Waals surface area contributed by atoms with Crippen molar-refractivity contribution in [3.63, 3.8) is 0 Å². The fraction of sp³-hybridized carbons (Fsp3) is 0.400. The van der Waals surface area contributed by atoms with E-state index in [4.69, 9.17) is 11.6 Å². The molecule has 1 aromatic carbocycles. The van der Waals surface area contributed by atoms with Crippen molar-refractivity contribution >= 4 is 32.3 Å². The largest absolute Gasteiger partial charge is 0.390 e. The lowest BCUT2D eigenvalue weighted by Crippen LogP contribution is -2.40. The van der Waals surface area contributed by atoms with E-state index in [0.717, 1.165) is 0 Å². The molecule has 1 aliphatic rings. The summed E-state index contributed by atoms with van der Waals surface area (Å²) in [7, 11) is -1.49. The molecule has 0 amide bonds. The molecule has 2 heterocycles. The van der Waals surface area contributed by atoms with Crippen LogP contribution in [0.15, 0.2) is 29.1 Å². The van der Waals surface area contributed by atoms with Crippen molar-refractivity contribution in [1.82, 2.24) is 9.88 Å². The summed E-state index contributed by atoms with van der Waals surface area (Å²) < 4.78 is 23.2. The number of aliphatic hydroxyl groups is 1. The maximum absolute atomic E-state index is 12.2. The second-order valence-electron chi connectivity index (χ2n) is 5.95. The molecule has 0 aliphatic carbocycles. The summed E-state index contributed by atoms with van der Waals surface area (Å²) in [6, 6.07) is 6.10. The molecule has 2 N–H and O–H groups in total. The van der Waals surface area contributed by atoms with Gasteiger partial charge in [-0.15, -0.1) is 0 Å². The van der Waals surface area contributed by atoms with Crippen LogP contribution in [-0.4, -0.2) is 54.1 Å². The highest BCUT2D eigenvalue weighted by Gasteiger charge is 2.38. The van der Waals surface area contributed by atoms with Crippen LogP contribution < -0.4 is 5.43 Å². The van der Waals surface area contributed by atoms with E-state index in [1.165, 1.54) is 6.07 Å². The SMILES string of the molecule is CN(Cc1cc(=O)c2cccc(Cl)c2[nH]1)[C@@H]1CS(=O)(=O)C[C@H]1O. The van der Waals surface area contributed by atoms with E-state index in [0.29, 0.717) is 28.2 Å². The predicted molar refractivity (Wildman–Crippen MR) is 89.5 cm³/mol. The van der Waals surface area contributed by atoms with Crippen molar-refractivity contribution in [2.75, 3.05) is 18.6 Å². The molecule has 1 aromatic heterocycles. The Morgan fingerprint density at radius 2 is 2.13 bits per heavy atom. The molecular weight excluding hydrogens is 340 g/mol. The van der Waals surface area contributed by atoms with Crippen molar-refractivity contribution < 1.29 is 13.5 Å². The Morgan fingerprint density at radius 3 is 2.78 bits per heavy atom. The van der Waals surface area contributed by atoms with Crippen molar-refractivity contribution in [3.8, 4) is 0 Å². The monoisotopic (exact) mass is 356 g/mol. The van der Waals surface area contributed by atoms with Gasteiger partial charge in [0, 0.05) is 23.7 Å². The zero-order valence-corrected chi connectivity index (χ0v) is 14.1. The fourth-order valence-corrected chi connectivity index (χ4v) is 5.09. The molecule has 6 nitrogen and oxygen atoms in total. The number of benzene rings is 1. The molecule has 2 aromatic rings. The van der Waals surface area contributed by atoms with Crippen LogP contribution in [0, 0.1) is 0 Å². The Kier molecular flexibility index (Phi) is 4.22. The third-order valence-electron chi connectivity index (χ3n) is 4.15. The molecule has 2 atom stereocenters. The third-order valence-corrected chi connectivity index (χ3v) is 6.16. The highest BCUT2D eigenvalue weighted by atomic mass is 35.5. The van der Waals surface area contributed by atoms with Gasteiger partial charge in [0.25, 0.3) is 0 Å². The van der Waals surface area contributed by atoms with Gasteiger partial charge in [-0.25, -0.2) is 8.42 Å². The van der Waals surface area contributed by atoms with Crippen LogP contribution in [0.25, 0.3) is 10.9 Å². The van der Waals surface area contributed by atoms with Gasteiger partial charge in [-0.05, 0) is 19.2 Å². The molecule has 1 aliphatic heterocycles. The van der Waals surface area contributed by atoms with E-state index in [1.54, 1.807) is 30.1 Å². The average Bonchev–Trinajstić information content (AvgIpc) is 2.73. The quantitative estimate of drug-likeness (QED) is 0.847. The number of halogens is 1. The molecule has 3 rings (SSSR count). The van der Waals surface area contributed by atoms with Crippen LogP contribution in [0.5, 0.6) is 0 Å². The van der Waals surface area contributed by atoms with Crippen molar-refractivity contribution in [1.29, 1.82) is 0 Å². The summed E-state index contributed by atoms with van der Waals surface area (Å²) in [5.41, 5.74) is 1.03. The van der Waals surface area contributed by atoms with Crippen LogP contribution in [0.1, 0.15) is 5.69 Å². The first-order chi connectivity index (χ1) is 10.8. The molecule has 23 heavy (non-hydrogen) atoms. The Morgan fingerprint density at radius 1 is 1.39 bits per heavy atom. The van der Waals surface area contributed by atoms with E-state index in [2.05, 4.69) is 4.98 Å². The summed E-state index contributed by atoms with van der Waals surface area (Å²) in [5, 5.41) is 10.9. The van der Waals surface area contributed by atoms with Gasteiger partial charge >= 0.3 is 0 Å². The molecule has 0 radical (unpaired) electrons. The molecule has 0 saturated carbocycles. The predicted octanol–water partition coefficient (Wildman–Crippen LogP) is 0.771. The lowest BCUT2D eigenvalue weighted by atomic mass is 10.1. The van der Waals surface area contributed by atoms with Gasteiger partial charge in [-0.1, -0.05) is 17.7 Å². The molecule has 0 unspecified atom stereocenters. The number of rotatable bonds is 3. The van der Waals surface area contributed by atoms with Crippen LogP contribution in [0.3, 0.4) is 0 Å². The number of nitrogens with one attached hydrogen (secondary N) is 1. The number of likely N-dealkylation sites (N-methyl/N-ethyl adjacent to an activating group) is 1. The first-order valence-corrected chi connectivity index (χ1v) is 9.36. The van der Waals surface area contributed by atoms with Crippen molar-refractivity contribution in [2.24, 2.45) is 0 Å². The minimum absolute atomic E-state index is 0.0801. The van der Waals surface area contributed by atoms with Crippen molar-refractivity contribution in [2.45, 2.75) is 18.7 Å². The summed E-state index contributed by atoms with van der Waals surface area (Å²) >= 11 is 6.12. The zero-order chi connectivity index (χ0) is 16.8. The van der Waals surface area contributed by atoms with Crippen LogP contribution in [0.4, 0.5) is 0 Å². The summed E-state index contributed by atoms with van der Waals surface area (Å²) in [5.74, 6) is -0.300. The Labute approximate surface area is 138 Å². The molecule has 0 bridgehead atoms. The summed E-state index contributed by atoms with van der Waals surface area (Å²) in [6.45, 7) is 0.313. The fourth-order valence-electron chi connectivity index (χ4n) is 2.99. The number of para-hydroxylation sites is 1. The minimum Gasteiger partial charge on any atom is -0.390 e. The van der Waals surface area contributed by atoms with Gasteiger partial charge in [-0.2, -0.15) is 0 Å². The number of hydrogen-bond acceptors (Lipinski definition) is 5. The smallest absolute Gasteiger partial charge is 0.189 e. The lowest BCUT2D eigenvalue weighted by Gasteiger charge is -2.25. The van der Waals surface area contributed by atoms with Gasteiger partial charge in [0.1, 0.15) is 0 Å². The number of hydrogen-bond donors (Lipinski definition) is 2. The topological polar surface area (TPSA) is 90.5 Å². The molecular formula is C15H17ClN2O4S. The van der Waals surface area contributed by atoms with Crippen LogP contribution in [-0.2, 0) is 16.4 Å². The first-order valence-electron chi connectivity index (χ1n) is 7.16. The Balaban J connectivity index is 1.90. The maximum atomic E-state index is 12.2. The Bertz CT molecular complexity index is 909. The number of aromatic amines is 1. The molecule has 8 heteroatoms. The molecule has 124 valence electrons. The minimum atomic E-state index is -3.22. The molecule has 0 spiro atoms. The molecule has 1 fully saturated rings. The average molecular weight is 357 g/mol. The van der Waals surface area contributed by atoms with Crippen LogP contribution in [0.2, 0.25) is 5.02 Å². The van der Waals surface area contributed by atoms with Gasteiger partial charge in [0.2, 0.25) is 0 Å². The van der Waals surface area contributed by atoms with Gasteiger partial charge in [0.05, 0.1) is 34.2 Å². The zero-order valence-electron chi connectivity index (χ0n) is 12.5. The number of H-pyrrole nitrogens is 1. The van der Waals surface area contributed by atoms with Gasteiger partial charge in [0.15, 0.2) is 15.3 Å². The number of nitrogens with zero attached hydrogens (tertiary/aromatic N) is 1. The highest BCUT2D eigenvalue weighted by Crippen LogP contribution is 2.21. The Hall–Kier alpha value is -1.41. The number of sulfone groups is 1. The van der Waals surface area contributed by atoms with E-state index in [9.17, 15) is 18.3 Å². The van der Waals surface area contributed by atoms with E-state index >= 15 is 0 Å². The second-order valence-corrected chi connectivity index (χ2v) is 8.51. The van der Waals surface area contributed by atoms with Gasteiger partial charge < -0.3 is 10.1 Å². The number of aromatic nitrogens is 1. The second kappa shape index (κ2) is 5.90. The number of aliphatic hydroxyl groups excluding tert-OH is 1. The molecule has 1 saturated heterocycles. The first kappa shape index (κ1) is 16.4. The standard InChI is InChI=1S/C15H17ClN2O4S/c1-18(12-7-23(21,22)8-14(12)20)6-9-5-13(19)10-3-2-4-11(16)15(10)17-9/h2-5,12,14,20H,6-8H2,1H3,(H,17,19)/t12-,14-/m1/s1. The van der Waals surface area contributed by atoms with Crippen molar-refractivity contribution in [3.05, 3.63) is 45.2 Å². The van der Waals surface area contributed by atoms with Crippen LogP contribution >= 0.6 is 11.6 Å². The normalized spacial score (nSPS) is 23.7. The van der Waals surface area contributed by atoms with E-state index < -0.39 is 22.0 Å². The highest BCUT2D eigenvalue weighted by molar-refractivity contribution is 7.91. The number of fused-ring (bicyclic) bond motifs is 1. The maximum Gasteiger partial charge on any atom is 0.189 e. The summed E-state index contributed by atoms with van der Waals surface area (Å²) in [4.78, 5) is 17.0. The lowest BCUT2D eigenvalue weighted by molar-refractivity contribution is 0.0951. The third kappa shape index (κ3) is 3.28. The number of pyridine rings is 1. The van der Waals surface area contributed by atoms with E-state index in [1.807, 2.05) is 0 Å². The van der Waals surface area contributed by atoms with Gasteiger partial charge in [-0.3, -0.25) is 9.69 Å².